The van der Waals surface area contributed by atoms with Crippen molar-refractivity contribution in [2.75, 3.05) is 13.1 Å². The van der Waals surface area contributed by atoms with Gasteiger partial charge in [-0.15, -0.1) is 10.2 Å². The van der Waals surface area contributed by atoms with Gasteiger partial charge in [0.2, 0.25) is 21.8 Å². The van der Waals surface area contributed by atoms with Crippen LogP contribution < -0.4 is 4.72 Å². The van der Waals surface area contributed by atoms with Gasteiger partial charge in [-0.05, 0) is 45.1 Å². The lowest BCUT2D eigenvalue weighted by Gasteiger charge is -2.32. The summed E-state index contributed by atoms with van der Waals surface area (Å²) in [6.45, 7) is 2.28. The summed E-state index contributed by atoms with van der Waals surface area (Å²) in [6.07, 6.45) is 5.79. The van der Waals surface area contributed by atoms with Gasteiger partial charge < -0.3 is 4.42 Å². The van der Waals surface area contributed by atoms with Gasteiger partial charge in [0.25, 0.3) is 0 Å². The first-order valence-corrected chi connectivity index (χ1v) is 9.70. The van der Waals surface area contributed by atoms with Crippen LogP contribution in [0.15, 0.2) is 4.42 Å². The summed E-state index contributed by atoms with van der Waals surface area (Å²) < 4.78 is 32.6. The molecule has 2 saturated carbocycles. The van der Waals surface area contributed by atoms with E-state index >= 15 is 0 Å². The van der Waals surface area contributed by atoms with Crippen LogP contribution >= 0.6 is 0 Å². The number of likely N-dealkylation sites (tertiary alicyclic amines) is 1. The largest absolute Gasteiger partial charge is 0.424 e. The molecule has 0 spiro atoms. The highest BCUT2D eigenvalue weighted by Crippen LogP contribution is 2.39. The zero-order chi connectivity index (χ0) is 15.2. The topological polar surface area (TPSA) is 88.3 Å². The molecule has 1 aliphatic heterocycles. The highest BCUT2D eigenvalue weighted by molar-refractivity contribution is 7.90. The first-order valence-electron chi connectivity index (χ1n) is 8.16. The van der Waals surface area contributed by atoms with Crippen LogP contribution in [0.25, 0.3) is 0 Å². The summed E-state index contributed by atoms with van der Waals surface area (Å²) in [6, 6.07) is 0.00479. The van der Waals surface area contributed by atoms with Gasteiger partial charge in [-0.25, -0.2) is 13.1 Å². The third kappa shape index (κ3) is 3.33. The number of rotatable bonds is 6. The van der Waals surface area contributed by atoms with Crippen LogP contribution in [-0.4, -0.2) is 47.9 Å². The van der Waals surface area contributed by atoms with Crippen molar-refractivity contribution < 1.29 is 12.8 Å². The molecule has 0 aromatic carbocycles. The van der Waals surface area contributed by atoms with Gasteiger partial charge in [-0.2, -0.15) is 0 Å². The summed E-state index contributed by atoms with van der Waals surface area (Å²) >= 11 is 0. The molecule has 0 radical (unpaired) electrons. The second-order valence-corrected chi connectivity index (χ2v) is 8.74. The lowest BCUT2D eigenvalue weighted by Crippen LogP contribution is -2.48. The molecule has 0 amide bonds. The van der Waals surface area contributed by atoms with E-state index in [2.05, 4.69) is 19.8 Å². The van der Waals surface area contributed by atoms with E-state index in [1.165, 1.54) is 0 Å². The highest BCUT2D eigenvalue weighted by Gasteiger charge is 2.37. The van der Waals surface area contributed by atoms with Gasteiger partial charge in [0.05, 0.1) is 11.8 Å². The average Bonchev–Trinajstić information content (AvgIpc) is 3.37. The molecule has 0 bridgehead atoms. The maximum Gasteiger partial charge on any atom is 0.230 e. The molecular formula is C14H22N4O3S. The molecule has 122 valence electrons. The fourth-order valence-corrected chi connectivity index (χ4v) is 4.63. The number of piperidine rings is 1. The fraction of sp³-hybridized carbons (Fsp3) is 0.857. The van der Waals surface area contributed by atoms with Crippen molar-refractivity contribution in [3.05, 3.63) is 11.8 Å². The van der Waals surface area contributed by atoms with Crippen molar-refractivity contribution in [2.24, 2.45) is 0 Å². The number of nitrogens with zero attached hydrogens (tertiary/aromatic N) is 3. The summed E-state index contributed by atoms with van der Waals surface area (Å²) in [5.41, 5.74) is 0. The first-order chi connectivity index (χ1) is 10.6. The molecule has 2 heterocycles. The van der Waals surface area contributed by atoms with Crippen LogP contribution in [0.4, 0.5) is 0 Å². The minimum Gasteiger partial charge on any atom is -0.424 e. The Hall–Kier alpha value is -0.990. The third-order valence-electron chi connectivity index (χ3n) is 4.57. The number of aromatic nitrogens is 2. The van der Waals surface area contributed by atoms with Gasteiger partial charge in [0, 0.05) is 18.5 Å². The molecule has 2 aliphatic carbocycles. The highest BCUT2D eigenvalue weighted by atomic mass is 32.2. The monoisotopic (exact) mass is 326 g/mol. The smallest absolute Gasteiger partial charge is 0.230 e. The quantitative estimate of drug-likeness (QED) is 0.839. The predicted molar refractivity (Wildman–Crippen MR) is 79.6 cm³/mol. The van der Waals surface area contributed by atoms with E-state index in [0.29, 0.717) is 24.9 Å². The van der Waals surface area contributed by atoms with Crippen molar-refractivity contribution in [3.8, 4) is 0 Å². The second-order valence-electron chi connectivity index (χ2n) is 6.74. The molecule has 7 nitrogen and oxygen atoms in total. The Morgan fingerprint density at radius 3 is 2.73 bits per heavy atom. The maximum atomic E-state index is 12.0. The van der Waals surface area contributed by atoms with Crippen LogP contribution in [0.5, 0.6) is 0 Å². The van der Waals surface area contributed by atoms with Crippen LogP contribution in [-0.2, 0) is 16.6 Å². The van der Waals surface area contributed by atoms with Gasteiger partial charge >= 0.3 is 0 Å². The van der Waals surface area contributed by atoms with Crippen LogP contribution in [0.1, 0.15) is 56.2 Å². The van der Waals surface area contributed by atoms with E-state index in [4.69, 9.17) is 4.42 Å². The zero-order valence-corrected chi connectivity index (χ0v) is 13.4. The molecule has 8 heteroatoms. The van der Waals surface area contributed by atoms with Crippen LogP contribution in [0.3, 0.4) is 0 Å². The molecule has 1 saturated heterocycles. The Kier molecular flexibility index (Phi) is 3.70. The molecular weight excluding hydrogens is 304 g/mol. The number of nitrogens with one attached hydrogen (secondary N) is 1. The lowest BCUT2D eigenvalue weighted by atomic mass is 10.1. The van der Waals surface area contributed by atoms with Crippen LogP contribution in [0, 0.1) is 0 Å². The second kappa shape index (κ2) is 5.58. The van der Waals surface area contributed by atoms with E-state index in [1.807, 2.05) is 0 Å². The van der Waals surface area contributed by atoms with E-state index in [1.54, 1.807) is 0 Å². The predicted octanol–water partition coefficient (Wildman–Crippen LogP) is 0.993. The fourth-order valence-electron chi connectivity index (χ4n) is 3.02. The van der Waals surface area contributed by atoms with Gasteiger partial charge in [0.15, 0.2) is 0 Å². The van der Waals surface area contributed by atoms with Crippen molar-refractivity contribution in [3.63, 3.8) is 0 Å². The average molecular weight is 326 g/mol. The molecule has 1 atom stereocenters. The van der Waals surface area contributed by atoms with Crippen molar-refractivity contribution in [1.29, 1.82) is 0 Å². The Bertz CT molecular complexity index is 636. The summed E-state index contributed by atoms with van der Waals surface area (Å²) in [4.78, 5) is 2.20. The minimum absolute atomic E-state index is 0.00479. The molecule has 22 heavy (non-hydrogen) atoms. The lowest BCUT2D eigenvalue weighted by molar-refractivity contribution is 0.177. The van der Waals surface area contributed by atoms with Crippen molar-refractivity contribution >= 4 is 10.0 Å². The minimum atomic E-state index is -3.11. The van der Waals surface area contributed by atoms with Crippen molar-refractivity contribution in [1.82, 2.24) is 19.8 Å². The Labute approximate surface area is 130 Å². The van der Waals surface area contributed by atoms with Gasteiger partial charge in [-0.1, -0.05) is 0 Å². The maximum absolute atomic E-state index is 12.0. The number of hydrogen-bond donors (Lipinski definition) is 1. The first kappa shape index (κ1) is 14.6. The number of hydrogen-bond acceptors (Lipinski definition) is 6. The van der Waals surface area contributed by atoms with Gasteiger partial charge in [-0.3, -0.25) is 4.90 Å². The molecule has 3 fully saturated rings. The SMILES string of the molecule is O=S(=O)(NC1CCCN(Cc2nnc(C3CC3)o2)C1)C1CC1. The molecule has 3 aliphatic rings. The Morgan fingerprint density at radius 1 is 1.18 bits per heavy atom. The van der Waals surface area contributed by atoms with E-state index < -0.39 is 10.0 Å². The zero-order valence-electron chi connectivity index (χ0n) is 12.6. The number of sulfonamides is 1. The Balaban J connectivity index is 1.33. The van der Waals surface area contributed by atoms with Crippen molar-refractivity contribution in [2.45, 2.75) is 62.3 Å². The van der Waals surface area contributed by atoms with E-state index in [0.717, 1.165) is 51.0 Å². The standard InChI is InChI=1S/C14H22N4O3S/c19-22(20,12-5-6-12)17-11-2-1-7-18(8-11)9-13-15-16-14(21-13)10-3-4-10/h10-12,17H,1-9H2. The summed E-state index contributed by atoms with van der Waals surface area (Å²) in [5.74, 6) is 1.88. The molecule has 1 aromatic heterocycles. The molecule has 4 rings (SSSR count). The molecule has 1 aromatic rings. The van der Waals surface area contributed by atoms with E-state index in [9.17, 15) is 8.42 Å². The van der Waals surface area contributed by atoms with E-state index in [-0.39, 0.29) is 11.3 Å². The third-order valence-corrected chi connectivity index (χ3v) is 6.58. The Morgan fingerprint density at radius 2 is 2.00 bits per heavy atom. The van der Waals surface area contributed by atoms with Crippen LogP contribution in [0.2, 0.25) is 0 Å². The molecule has 1 unspecified atom stereocenters. The summed E-state index contributed by atoms with van der Waals surface area (Å²) in [5, 5.41) is 8.06. The molecule has 1 N–H and O–H groups in total. The normalized spacial score (nSPS) is 27.2. The van der Waals surface area contributed by atoms with Gasteiger partial charge in [0.1, 0.15) is 0 Å². The summed E-state index contributed by atoms with van der Waals surface area (Å²) in [7, 11) is -3.11.